The van der Waals surface area contributed by atoms with Gasteiger partial charge in [0.15, 0.2) is 0 Å². The molecule has 0 radical (unpaired) electrons. The van der Waals surface area contributed by atoms with E-state index in [1.807, 2.05) is 0 Å². The molecule has 0 aromatic heterocycles. The van der Waals surface area contributed by atoms with Gasteiger partial charge in [0.2, 0.25) is 11.8 Å². The standard InChI is InChI=1S/C19H18ClN3O3/c20-14-6-7-15(16(10-14)23-8-2-5-17(23)24)19(26)22-11-12-3-1-4-13(9-12)18(21)25/h1,3-4,6-7,9-10H,2,5,8,11H2,(H2,21,25)(H,22,26). The number of primary amides is 1. The van der Waals surface area contributed by atoms with Crippen LogP contribution >= 0.6 is 11.6 Å². The molecule has 2 aromatic rings. The van der Waals surface area contributed by atoms with E-state index in [0.29, 0.717) is 34.8 Å². The molecule has 134 valence electrons. The van der Waals surface area contributed by atoms with E-state index in [1.54, 1.807) is 47.4 Å². The Labute approximate surface area is 155 Å². The van der Waals surface area contributed by atoms with E-state index in [0.717, 1.165) is 12.0 Å². The van der Waals surface area contributed by atoms with Gasteiger partial charge in [-0.25, -0.2) is 0 Å². The Morgan fingerprint density at radius 1 is 1.19 bits per heavy atom. The Morgan fingerprint density at radius 2 is 2.00 bits per heavy atom. The lowest BCUT2D eigenvalue weighted by Crippen LogP contribution is -2.29. The third-order valence-corrected chi connectivity index (χ3v) is 4.47. The van der Waals surface area contributed by atoms with Crippen molar-refractivity contribution in [2.75, 3.05) is 11.4 Å². The minimum Gasteiger partial charge on any atom is -0.366 e. The van der Waals surface area contributed by atoms with Crippen molar-refractivity contribution >= 4 is 35.0 Å². The molecule has 0 bridgehead atoms. The van der Waals surface area contributed by atoms with E-state index < -0.39 is 5.91 Å². The first-order valence-electron chi connectivity index (χ1n) is 8.22. The maximum atomic E-state index is 12.6. The molecule has 0 aliphatic carbocycles. The van der Waals surface area contributed by atoms with Gasteiger partial charge in [-0.05, 0) is 42.3 Å². The van der Waals surface area contributed by atoms with Crippen LogP contribution in [0.2, 0.25) is 5.02 Å². The summed E-state index contributed by atoms with van der Waals surface area (Å²) < 4.78 is 0. The second kappa shape index (κ2) is 7.58. The molecule has 0 unspecified atom stereocenters. The number of benzene rings is 2. The van der Waals surface area contributed by atoms with E-state index in [4.69, 9.17) is 17.3 Å². The number of hydrogen-bond donors (Lipinski definition) is 2. The average molecular weight is 372 g/mol. The largest absolute Gasteiger partial charge is 0.366 e. The van der Waals surface area contributed by atoms with Gasteiger partial charge in [-0.3, -0.25) is 14.4 Å². The lowest BCUT2D eigenvalue weighted by atomic mass is 10.1. The summed E-state index contributed by atoms with van der Waals surface area (Å²) in [4.78, 5) is 37.5. The molecule has 1 saturated heterocycles. The van der Waals surface area contributed by atoms with Crippen LogP contribution in [0.4, 0.5) is 5.69 Å². The fourth-order valence-electron chi connectivity index (χ4n) is 2.94. The van der Waals surface area contributed by atoms with E-state index in [1.165, 1.54) is 0 Å². The number of carbonyl (C=O) groups is 3. The van der Waals surface area contributed by atoms with E-state index in [9.17, 15) is 14.4 Å². The van der Waals surface area contributed by atoms with Crippen LogP contribution in [0.15, 0.2) is 42.5 Å². The number of nitrogens with one attached hydrogen (secondary N) is 1. The van der Waals surface area contributed by atoms with Crippen LogP contribution in [0, 0.1) is 0 Å². The smallest absolute Gasteiger partial charge is 0.253 e. The predicted molar refractivity (Wildman–Crippen MR) is 99.2 cm³/mol. The Hall–Kier alpha value is -2.86. The molecule has 1 heterocycles. The summed E-state index contributed by atoms with van der Waals surface area (Å²) in [5.41, 5.74) is 7.31. The molecule has 26 heavy (non-hydrogen) atoms. The third kappa shape index (κ3) is 3.86. The summed E-state index contributed by atoms with van der Waals surface area (Å²) in [6.45, 7) is 0.802. The number of carbonyl (C=O) groups excluding carboxylic acids is 3. The van der Waals surface area contributed by atoms with Crippen LogP contribution in [-0.2, 0) is 11.3 Å². The maximum Gasteiger partial charge on any atom is 0.253 e. The molecule has 0 atom stereocenters. The average Bonchev–Trinajstić information content (AvgIpc) is 3.05. The Bertz CT molecular complexity index is 882. The molecule has 0 saturated carbocycles. The van der Waals surface area contributed by atoms with Gasteiger partial charge < -0.3 is 16.0 Å². The normalized spacial score (nSPS) is 13.7. The first-order chi connectivity index (χ1) is 12.5. The molecule has 6 nitrogen and oxygen atoms in total. The first-order valence-corrected chi connectivity index (χ1v) is 8.60. The van der Waals surface area contributed by atoms with Crippen molar-refractivity contribution in [1.82, 2.24) is 5.32 Å². The quantitative estimate of drug-likeness (QED) is 0.845. The predicted octanol–water partition coefficient (Wildman–Crippen LogP) is 2.50. The highest BCUT2D eigenvalue weighted by Gasteiger charge is 2.26. The second-order valence-corrected chi connectivity index (χ2v) is 6.49. The zero-order valence-electron chi connectivity index (χ0n) is 14.0. The molecule has 1 aliphatic rings. The minimum absolute atomic E-state index is 0.0181. The summed E-state index contributed by atoms with van der Waals surface area (Å²) in [7, 11) is 0. The van der Waals surface area contributed by atoms with Crippen molar-refractivity contribution < 1.29 is 14.4 Å². The molecular weight excluding hydrogens is 354 g/mol. The van der Waals surface area contributed by atoms with Gasteiger partial charge in [-0.1, -0.05) is 23.7 Å². The maximum absolute atomic E-state index is 12.6. The summed E-state index contributed by atoms with van der Waals surface area (Å²) >= 11 is 6.05. The Balaban J connectivity index is 1.79. The number of anilines is 1. The van der Waals surface area contributed by atoms with Gasteiger partial charge >= 0.3 is 0 Å². The molecule has 2 aromatic carbocycles. The number of amides is 3. The number of nitrogens with two attached hydrogens (primary N) is 1. The van der Waals surface area contributed by atoms with Crippen LogP contribution in [0.5, 0.6) is 0 Å². The molecular formula is C19H18ClN3O3. The van der Waals surface area contributed by atoms with Gasteiger partial charge in [-0.2, -0.15) is 0 Å². The zero-order valence-corrected chi connectivity index (χ0v) is 14.8. The van der Waals surface area contributed by atoms with Crippen LogP contribution in [0.3, 0.4) is 0 Å². The molecule has 3 amide bonds. The number of rotatable bonds is 5. The number of halogens is 1. The molecule has 0 spiro atoms. The van der Waals surface area contributed by atoms with Gasteiger partial charge in [0.25, 0.3) is 5.91 Å². The fraction of sp³-hybridized carbons (Fsp3) is 0.211. The molecule has 3 rings (SSSR count). The van der Waals surface area contributed by atoms with Crippen LogP contribution < -0.4 is 16.0 Å². The lowest BCUT2D eigenvalue weighted by molar-refractivity contribution is -0.117. The zero-order chi connectivity index (χ0) is 18.7. The minimum atomic E-state index is -0.522. The second-order valence-electron chi connectivity index (χ2n) is 6.06. The van der Waals surface area contributed by atoms with Gasteiger partial charge in [0.05, 0.1) is 11.3 Å². The van der Waals surface area contributed by atoms with Gasteiger partial charge in [0, 0.05) is 30.1 Å². The van der Waals surface area contributed by atoms with Crippen molar-refractivity contribution in [3.8, 4) is 0 Å². The number of nitrogens with zero attached hydrogens (tertiary/aromatic N) is 1. The molecule has 3 N–H and O–H groups in total. The van der Waals surface area contributed by atoms with Crippen LogP contribution in [0.1, 0.15) is 39.1 Å². The third-order valence-electron chi connectivity index (χ3n) is 4.23. The number of hydrogen-bond acceptors (Lipinski definition) is 3. The molecule has 7 heteroatoms. The topological polar surface area (TPSA) is 92.5 Å². The highest BCUT2D eigenvalue weighted by atomic mass is 35.5. The SMILES string of the molecule is NC(=O)c1cccc(CNC(=O)c2ccc(Cl)cc2N2CCCC2=O)c1. The Morgan fingerprint density at radius 3 is 2.69 bits per heavy atom. The van der Waals surface area contributed by atoms with Gasteiger partial charge in [0.1, 0.15) is 0 Å². The monoisotopic (exact) mass is 371 g/mol. The summed E-state index contributed by atoms with van der Waals surface area (Å²) in [6.07, 6.45) is 1.22. The van der Waals surface area contributed by atoms with Crippen LogP contribution in [0.25, 0.3) is 0 Å². The highest BCUT2D eigenvalue weighted by Crippen LogP contribution is 2.28. The summed E-state index contributed by atoms with van der Waals surface area (Å²) in [6, 6.07) is 11.6. The highest BCUT2D eigenvalue weighted by molar-refractivity contribution is 6.31. The fourth-order valence-corrected chi connectivity index (χ4v) is 3.10. The molecule has 1 fully saturated rings. The molecule has 1 aliphatic heterocycles. The van der Waals surface area contributed by atoms with Crippen molar-refractivity contribution in [3.63, 3.8) is 0 Å². The van der Waals surface area contributed by atoms with Crippen molar-refractivity contribution in [1.29, 1.82) is 0 Å². The first kappa shape index (κ1) is 17.9. The lowest BCUT2D eigenvalue weighted by Gasteiger charge is -2.19. The van der Waals surface area contributed by atoms with E-state index >= 15 is 0 Å². The van der Waals surface area contributed by atoms with Crippen LogP contribution in [-0.4, -0.2) is 24.3 Å². The summed E-state index contributed by atoms with van der Waals surface area (Å²) in [5, 5.41) is 3.27. The summed E-state index contributed by atoms with van der Waals surface area (Å²) in [5.74, 6) is -0.859. The van der Waals surface area contributed by atoms with E-state index in [2.05, 4.69) is 5.32 Å². The van der Waals surface area contributed by atoms with E-state index in [-0.39, 0.29) is 18.4 Å². The van der Waals surface area contributed by atoms with Gasteiger partial charge in [-0.15, -0.1) is 0 Å². The Kier molecular flexibility index (Phi) is 5.23. The van der Waals surface area contributed by atoms with Crippen molar-refractivity contribution in [3.05, 3.63) is 64.2 Å². The van der Waals surface area contributed by atoms with Crippen molar-refractivity contribution in [2.45, 2.75) is 19.4 Å². The van der Waals surface area contributed by atoms with Crippen molar-refractivity contribution in [2.24, 2.45) is 5.73 Å².